The molecule has 0 spiro atoms. The molecule has 3 heterocycles. The first-order chi connectivity index (χ1) is 32.5. The molecule has 0 aliphatic heterocycles. The summed E-state index contributed by atoms with van der Waals surface area (Å²) in [5.41, 5.74) is 20.9. The Morgan fingerprint density at radius 3 is 1.11 bits per heavy atom. The maximum absolute atomic E-state index is 2.49. The number of hydrogen-bond acceptors (Lipinski definition) is 0. The third kappa shape index (κ3) is 5.26. The van der Waals surface area contributed by atoms with Crippen molar-refractivity contribution in [3.05, 3.63) is 236 Å². The van der Waals surface area contributed by atoms with Crippen LogP contribution in [0.3, 0.4) is 0 Å². The van der Waals surface area contributed by atoms with Gasteiger partial charge in [-0.3, -0.25) is 0 Å². The SMILES string of the molecule is CC1(C)c2ccccc2-c2ccc(-n3c4ccc(-c5ccc6c(c5)c5ccccc5n6-c5ccccc5)cc4c4cc(-c5ccc6c(c5)c5ccccc5n6-c5ccccc5)ccc43)cc21. The van der Waals surface area contributed by atoms with Gasteiger partial charge in [-0.25, -0.2) is 0 Å². The fraction of sp³-hybridized carbons (Fsp3) is 0.0476. The second kappa shape index (κ2) is 13.8. The van der Waals surface area contributed by atoms with Crippen LogP contribution >= 0.6 is 0 Å². The monoisotopic (exact) mass is 841 g/mol. The third-order valence-corrected chi connectivity index (χ3v) is 14.6. The van der Waals surface area contributed by atoms with Crippen molar-refractivity contribution in [3.63, 3.8) is 0 Å². The zero-order valence-electron chi connectivity index (χ0n) is 36.7. The van der Waals surface area contributed by atoms with E-state index in [9.17, 15) is 0 Å². The molecule has 1 aliphatic carbocycles. The van der Waals surface area contributed by atoms with Crippen molar-refractivity contribution in [2.24, 2.45) is 0 Å². The van der Waals surface area contributed by atoms with Gasteiger partial charge in [0.2, 0.25) is 0 Å². The lowest BCUT2D eigenvalue weighted by Gasteiger charge is -2.22. The van der Waals surface area contributed by atoms with Crippen molar-refractivity contribution >= 4 is 65.4 Å². The van der Waals surface area contributed by atoms with E-state index in [1.54, 1.807) is 0 Å². The average molecular weight is 842 g/mol. The van der Waals surface area contributed by atoms with E-state index in [4.69, 9.17) is 0 Å². The van der Waals surface area contributed by atoms with E-state index in [-0.39, 0.29) is 5.41 Å². The third-order valence-electron chi connectivity index (χ3n) is 14.6. The van der Waals surface area contributed by atoms with Crippen LogP contribution in [0.2, 0.25) is 0 Å². The molecule has 0 saturated carbocycles. The number of aromatic nitrogens is 3. The Hall–Kier alpha value is -8.40. The van der Waals surface area contributed by atoms with Crippen molar-refractivity contribution in [1.29, 1.82) is 0 Å². The lowest BCUT2D eigenvalue weighted by molar-refractivity contribution is 0.660. The Kier molecular flexibility index (Phi) is 7.74. The summed E-state index contributed by atoms with van der Waals surface area (Å²) in [7, 11) is 0. The van der Waals surface area contributed by atoms with Crippen LogP contribution in [-0.4, -0.2) is 13.7 Å². The molecule has 1 aliphatic rings. The molecule has 310 valence electrons. The summed E-state index contributed by atoms with van der Waals surface area (Å²) in [6.45, 7) is 4.74. The lowest BCUT2D eigenvalue weighted by Crippen LogP contribution is -2.15. The summed E-state index contributed by atoms with van der Waals surface area (Å²) < 4.78 is 7.27. The van der Waals surface area contributed by atoms with Crippen molar-refractivity contribution in [2.75, 3.05) is 0 Å². The van der Waals surface area contributed by atoms with Gasteiger partial charge in [0.25, 0.3) is 0 Å². The van der Waals surface area contributed by atoms with E-state index >= 15 is 0 Å². The van der Waals surface area contributed by atoms with Gasteiger partial charge in [0.05, 0.1) is 33.1 Å². The summed E-state index contributed by atoms with van der Waals surface area (Å²) >= 11 is 0. The van der Waals surface area contributed by atoms with Crippen LogP contribution in [0.4, 0.5) is 0 Å². The highest BCUT2D eigenvalue weighted by Crippen LogP contribution is 2.50. The van der Waals surface area contributed by atoms with E-state index < -0.39 is 0 Å². The van der Waals surface area contributed by atoms with Crippen LogP contribution in [-0.2, 0) is 5.41 Å². The first kappa shape index (κ1) is 37.0. The van der Waals surface area contributed by atoms with E-state index in [1.807, 2.05) is 0 Å². The van der Waals surface area contributed by atoms with Gasteiger partial charge in [0, 0.05) is 54.8 Å². The Morgan fingerprint density at radius 2 is 0.621 bits per heavy atom. The molecule has 3 heteroatoms. The van der Waals surface area contributed by atoms with E-state index in [0.717, 1.165) is 0 Å². The van der Waals surface area contributed by atoms with Gasteiger partial charge >= 0.3 is 0 Å². The standard InChI is InChI=1S/C63H43N3/c1-63(2)55-22-12-9-19-47(55)48-30-29-46(39-56(48)63)66-61-33-27-42(40-25-31-59-51(35-40)49-20-10-13-23-57(49)64(59)44-15-5-3-6-16-44)37-53(61)54-38-43(28-34-62(54)66)41-26-32-60-52(36-41)50-21-11-14-24-58(50)65(60)45-17-7-4-8-18-45/h3-39H,1-2H3. The molecular weight excluding hydrogens is 799 g/mol. The second-order valence-electron chi connectivity index (χ2n) is 18.5. The number of hydrogen-bond donors (Lipinski definition) is 0. The molecule has 14 rings (SSSR count). The maximum atomic E-state index is 2.49. The van der Waals surface area contributed by atoms with Crippen LogP contribution in [0.1, 0.15) is 25.0 Å². The average Bonchev–Trinajstić information content (AvgIpc) is 4.07. The Balaban J connectivity index is 0.978. The number of nitrogens with zero attached hydrogens (tertiary/aromatic N) is 3. The summed E-state index contributed by atoms with van der Waals surface area (Å²) in [6, 6.07) is 83.2. The molecule has 0 radical (unpaired) electrons. The highest BCUT2D eigenvalue weighted by molar-refractivity contribution is 6.14. The van der Waals surface area contributed by atoms with Crippen LogP contribution in [0, 0.1) is 0 Å². The molecule has 0 bridgehead atoms. The van der Waals surface area contributed by atoms with Gasteiger partial charge in [-0.05, 0) is 142 Å². The first-order valence-corrected chi connectivity index (χ1v) is 23.0. The predicted octanol–water partition coefficient (Wildman–Crippen LogP) is 16.6. The molecule has 0 amide bonds. The van der Waals surface area contributed by atoms with Gasteiger partial charge in [0.1, 0.15) is 0 Å². The predicted molar refractivity (Wildman–Crippen MR) is 278 cm³/mol. The van der Waals surface area contributed by atoms with Crippen molar-refractivity contribution in [1.82, 2.24) is 13.7 Å². The van der Waals surface area contributed by atoms with E-state index in [0.29, 0.717) is 0 Å². The van der Waals surface area contributed by atoms with Gasteiger partial charge in [-0.1, -0.05) is 141 Å². The summed E-state index contributed by atoms with van der Waals surface area (Å²) in [6.07, 6.45) is 0. The van der Waals surface area contributed by atoms with Crippen LogP contribution in [0.5, 0.6) is 0 Å². The van der Waals surface area contributed by atoms with Crippen molar-refractivity contribution in [2.45, 2.75) is 19.3 Å². The van der Waals surface area contributed by atoms with Gasteiger partial charge < -0.3 is 13.7 Å². The largest absolute Gasteiger partial charge is 0.309 e. The Morgan fingerprint density at radius 1 is 0.258 bits per heavy atom. The normalized spacial score (nSPS) is 13.1. The smallest absolute Gasteiger partial charge is 0.0541 e. The summed E-state index contributed by atoms with van der Waals surface area (Å²) in [4.78, 5) is 0. The molecule has 0 unspecified atom stereocenters. The molecule has 0 fully saturated rings. The quantitative estimate of drug-likeness (QED) is 0.164. The van der Waals surface area contributed by atoms with Gasteiger partial charge in [0.15, 0.2) is 0 Å². The molecule has 0 saturated heterocycles. The fourth-order valence-electron chi connectivity index (χ4n) is 11.5. The molecule has 3 aromatic heterocycles. The number of rotatable bonds is 5. The zero-order chi connectivity index (χ0) is 43.7. The first-order valence-electron chi connectivity index (χ1n) is 23.0. The molecule has 3 nitrogen and oxygen atoms in total. The minimum atomic E-state index is -0.106. The molecule has 0 atom stereocenters. The minimum absolute atomic E-state index is 0.106. The molecule has 10 aromatic carbocycles. The highest BCUT2D eigenvalue weighted by atomic mass is 15.0. The number of benzene rings is 10. The minimum Gasteiger partial charge on any atom is -0.309 e. The fourth-order valence-corrected chi connectivity index (χ4v) is 11.5. The van der Waals surface area contributed by atoms with Crippen LogP contribution < -0.4 is 0 Å². The molecular formula is C63H43N3. The van der Waals surface area contributed by atoms with Crippen molar-refractivity contribution < 1.29 is 0 Å². The van der Waals surface area contributed by atoms with Crippen LogP contribution in [0.25, 0.3) is 116 Å². The zero-order valence-corrected chi connectivity index (χ0v) is 36.7. The Labute approximate surface area is 382 Å². The maximum Gasteiger partial charge on any atom is 0.0541 e. The Bertz CT molecular complexity index is 3910. The number of para-hydroxylation sites is 4. The molecule has 13 aromatic rings. The van der Waals surface area contributed by atoms with Gasteiger partial charge in [-0.15, -0.1) is 0 Å². The van der Waals surface area contributed by atoms with E-state index in [1.165, 1.54) is 127 Å². The van der Waals surface area contributed by atoms with E-state index in [2.05, 4.69) is 252 Å². The lowest BCUT2D eigenvalue weighted by atomic mass is 9.82. The number of fused-ring (bicyclic) bond motifs is 12. The van der Waals surface area contributed by atoms with Crippen LogP contribution in [0.15, 0.2) is 224 Å². The second-order valence-corrected chi connectivity index (χ2v) is 18.5. The summed E-state index contributed by atoms with van der Waals surface area (Å²) in [5, 5.41) is 7.49. The summed E-state index contributed by atoms with van der Waals surface area (Å²) in [5.74, 6) is 0. The topological polar surface area (TPSA) is 14.8 Å². The van der Waals surface area contributed by atoms with Crippen molar-refractivity contribution in [3.8, 4) is 50.4 Å². The molecule has 66 heavy (non-hydrogen) atoms. The highest BCUT2D eigenvalue weighted by Gasteiger charge is 2.35. The van der Waals surface area contributed by atoms with Gasteiger partial charge in [-0.2, -0.15) is 0 Å². The molecule has 0 N–H and O–H groups in total.